The number of rotatable bonds is 3. The lowest BCUT2D eigenvalue weighted by molar-refractivity contribution is -0.145. The third kappa shape index (κ3) is 4.80. The Hall–Kier alpha value is -1.06. The van der Waals surface area contributed by atoms with E-state index < -0.39 is 5.97 Å². The quantitative estimate of drug-likeness (QED) is 0.312. The molecule has 9 heavy (non-hydrogen) atoms. The van der Waals surface area contributed by atoms with E-state index in [9.17, 15) is 4.79 Å². The maximum absolute atomic E-state index is 10.3. The normalized spacial score (nSPS) is 9.56. The predicted molar refractivity (Wildman–Crippen MR) is 32.1 cm³/mol. The largest absolute Gasteiger partial charge is 0.466 e. The summed E-state index contributed by atoms with van der Waals surface area (Å²) in [6, 6.07) is 0. The number of oxime groups is 1. The van der Waals surface area contributed by atoms with Crippen molar-refractivity contribution in [3.8, 4) is 0 Å². The molecule has 0 amide bonds. The molecule has 0 heterocycles. The first-order chi connectivity index (χ1) is 4.31. The zero-order valence-electron chi connectivity index (χ0n) is 5.46. The summed E-state index contributed by atoms with van der Waals surface area (Å²) in [5, 5.41) is 3.33. The molecule has 0 saturated heterocycles. The molecular formula is C5H9NO3. The smallest absolute Gasteiger partial charge is 0.346 e. The standard InChI is InChI=1S/C5H9NO3/c1-3-6-9-4-5(7)8-2/h3H,4H2,1-2H3. The summed E-state index contributed by atoms with van der Waals surface area (Å²) < 4.78 is 4.26. The van der Waals surface area contributed by atoms with Crippen molar-refractivity contribution in [2.45, 2.75) is 6.92 Å². The summed E-state index contributed by atoms with van der Waals surface area (Å²) in [7, 11) is 1.29. The zero-order chi connectivity index (χ0) is 7.11. The molecule has 0 aliphatic heterocycles. The van der Waals surface area contributed by atoms with Crippen LogP contribution in [0.3, 0.4) is 0 Å². The van der Waals surface area contributed by atoms with Crippen molar-refractivity contribution in [2.24, 2.45) is 5.16 Å². The fourth-order valence-electron chi connectivity index (χ4n) is 0.223. The van der Waals surface area contributed by atoms with E-state index in [0.717, 1.165) is 0 Å². The van der Waals surface area contributed by atoms with Gasteiger partial charge in [0.15, 0.2) is 0 Å². The molecule has 0 aromatic rings. The number of carbonyl (C=O) groups excluding carboxylic acids is 1. The van der Waals surface area contributed by atoms with Crippen molar-refractivity contribution in [2.75, 3.05) is 13.7 Å². The maximum atomic E-state index is 10.3. The highest BCUT2D eigenvalue weighted by Gasteiger charge is 1.96. The lowest BCUT2D eigenvalue weighted by Gasteiger charge is -1.94. The molecule has 0 saturated carbocycles. The topological polar surface area (TPSA) is 47.9 Å². The van der Waals surface area contributed by atoms with Crippen LogP contribution in [0.5, 0.6) is 0 Å². The molecule has 0 atom stereocenters. The SMILES string of the molecule is CC=NOCC(=O)OC. The predicted octanol–water partition coefficient (Wildman–Crippen LogP) is 0.182. The van der Waals surface area contributed by atoms with Crippen LogP contribution in [0.2, 0.25) is 0 Å². The lowest BCUT2D eigenvalue weighted by atomic mass is 10.7. The number of ether oxygens (including phenoxy) is 1. The summed E-state index contributed by atoms with van der Waals surface area (Å²) in [5.74, 6) is -0.430. The average Bonchev–Trinajstić information content (AvgIpc) is 1.89. The highest BCUT2D eigenvalue weighted by Crippen LogP contribution is 1.77. The van der Waals surface area contributed by atoms with Crippen molar-refractivity contribution >= 4 is 12.2 Å². The number of hydrogen-bond donors (Lipinski definition) is 0. The molecule has 0 aliphatic carbocycles. The minimum absolute atomic E-state index is 0.124. The number of hydrogen-bond acceptors (Lipinski definition) is 4. The monoisotopic (exact) mass is 131 g/mol. The van der Waals surface area contributed by atoms with Crippen LogP contribution in [0.25, 0.3) is 0 Å². The second kappa shape index (κ2) is 5.08. The van der Waals surface area contributed by atoms with E-state index in [4.69, 9.17) is 0 Å². The van der Waals surface area contributed by atoms with Crippen LogP contribution in [0, 0.1) is 0 Å². The van der Waals surface area contributed by atoms with E-state index in [1.54, 1.807) is 6.92 Å². The summed E-state index contributed by atoms with van der Waals surface area (Å²) in [5.41, 5.74) is 0. The van der Waals surface area contributed by atoms with Crippen LogP contribution in [-0.4, -0.2) is 25.9 Å². The molecule has 0 N–H and O–H groups in total. The van der Waals surface area contributed by atoms with Gasteiger partial charge in [-0.25, -0.2) is 4.79 Å². The Morgan fingerprint density at radius 1 is 1.78 bits per heavy atom. The van der Waals surface area contributed by atoms with Gasteiger partial charge in [0, 0.05) is 6.21 Å². The average molecular weight is 131 g/mol. The van der Waals surface area contributed by atoms with Crippen LogP contribution >= 0.6 is 0 Å². The van der Waals surface area contributed by atoms with Crippen molar-refractivity contribution in [1.29, 1.82) is 0 Å². The van der Waals surface area contributed by atoms with E-state index >= 15 is 0 Å². The Bertz CT molecular complexity index is 111. The number of nitrogens with zero attached hydrogens (tertiary/aromatic N) is 1. The fraction of sp³-hybridized carbons (Fsp3) is 0.600. The van der Waals surface area contributed by atoms with E-state index in [2.05, 4.69) is 14.7 Å². The van der Waals surface area contributed by atoms with Gasteiger partial charge in [0.05, 0.1) is 7.11 Å². The number of esters is 1. The summed E-state index contributed by atoms with van der Waals surface area (Å²) >= 11 is 0. The van der Waals surface area contributed by atoms with Crippen molar-refractivity contribution in [3.63, 3.8) is 0 Å². The molecule has 4 heteroatoms. The first-order valence-electron chi connectivity index (χ1n) is 2.48. The van der Waals surface area contributed by atoms with Gasteiger partial charge >= 0.3 is 5.97 Å². The van der Waals surface area contributed by atoms with Gasteiger partial charge in [-0.1, -0.05) is 5.16 Å². The van der Waals surface area contributed by atoms with Gasteiger partial charge in [-0.2, -0.15) is 0 Å². The van der Waals surface area contributed by atoms with Gasteiger partial charge in [0.2, 0.25) is 6.61 Å². The molecule has 0 unspecified atom stereocenters. The summed E-state index contributed by atoms with van der Waals surface area (Å²) in [6.45, 7) is 1.57. The highest BCUT2D eigenvalue weighted by atomic mass is 16.6. The highest BCUT2D eigenvalue weighted by molar-refractivity contribution is 5.70. The van der Waals surface area contributed by atoms with Crippen LogP contribution in [-0.2, 0) is 14.4 Å². The third-order valence-corrected chi connectivity index (χ3v) is 0.590. The second-order valence-electron chi connectivity index (χ2n) is 1.21. The molecule has 0 bridgehead atoms. The minimum atomic E-state index is -0.430. The van der Waals surface area contributed by atoms with Gasteiger partial charge in [0.25, 0.3) is 0 Å². The van der Waals surface area contributed by atoms with E-state index in [1.165, 1.54) is 13.3 Å². The Morgan fingerprint density at radius 3 is 2.89 bits per heavy atom. The van der Waals surface area contributed by atoms with Gasteiger partial charge in [-0.15, -0.1) is 0 Å². The fourth-order valence-corrected chi connectivity index (χ4v) is 0.223. The molecular weight excluding hydrogens is 122 g/mol. The molecule has 0 radical (unpaired) electrons. The Balaban J connectivity index is 3.17. The number of methoxy groups -OCH3 is 1. The van der Waals surface area contributed by atoms with Crippen LogP contribution < -0.4 is 0 Å². The molecule has 0 rings (SSSR count). The number of carbonyl (C=O) groups is 1. The van der Waals surface area contributed by atoms with Crippen molar-refractivity contribution in [3.05, 3.63) is 0 Å². The van der Waals surface area contributed by atoms with Gasteiger partial charge in [0.1, 0.15) is 0 Å². The maximum Gasteiger partial charge on any atom is 0.346 e. The minimum Gasteiger partial charge on any atom is -0.466 e. The molecule has 0 spiro atoms. The van der Waals surface area contributed by atoms with Gasteiger partial charge in [-0.3, -0.25) is 0 Å². The van der Waals surface area contributed by atoms with E-state index in [1.807, 2.05) is 0 Å². The van der Waals surface area contributed by atoms with Gasteiger partial charge < -0.3 is 9.57 Å². The van der Waals surface area contributed by atoms with Crippen LogP contribution in [0.1, 0.15) is 6.92 Å². The molecule has 0 aromatic carbocycles. The molecule has 0 aromatic heterocycles. The zero-order valence-corrected chi connectivity index (χ0v) is 5.46. The Morgan fingerprint density at radius 2 is 2.44 bits per heavy atom. The first kappa shape index (κ1) is 7.94. The third-order valence-electron chi connectivity index (χ3n) is 0.590. The van der Waals surface area contributed by atoms with E-state index in [0.29, 0.717) is 0 Å². The second-order valence-corrected chi connectivity index (χ2v) is 1.21. The molecule has 0 aliphatic rings. The van der Waals surface area contributed by atoms with Crippen molar-refractivity contribution in [1.82, 2.24) is 0 Å². The lowest BCUT2D eigenvalue weighted by Crippen LogP contribution is -2.07. The summed E-state index contributed by atoms with van der Waals surface area (Å²) in [6.07, 6.45) is 1.45. The summed E-state index contributed by atoms with van der Waals surface area (Å²) in [4.78, 5) is 14.7. The molecule has 0 fully saturated rings. The van der Waals surface area contributed by atoms with Crippen LogP contribution in [0.4, 0.5) is 0 Å². The van der Waals surface area contributed by atoms with Gasteiger partial charge in [-0.05, 0) is 6.92 Å². The van der Waals surface area contributed by atoms with E-state index in [-0.39, 0.29) is 6.61 Å². The Kier molecular flexibility index (Phi) is 4.49. The van der Waals surface area contributed by atoms with Crippen molar-refractivity contribution < 1.29 is 14.4 Å². The van der Waals surface area contributed by atoms with Crippen LogP contribution in [0.15, 0.2) is 5.16 Å². The first-order valence-corrected chi connectivity index (χ1v) is 2.48. The molecule has 4 nitrogen and oxygen atoms in total. The Labute approximate surface area is 53.4 Å². The molecule has 52 valence electrons.